The Morgan fingerprint density at radius 1 is 1.45 bits per heavy atom. The average Bonchev–Trinajstić information content (AvgIpc) is 2.43. The number of benzene rings is 1. The van der Waals surface area contributed by atoms with Crippen molar-refractivity contribution in [3.05, 3.63) is 29.0 Å². The number of anilines is 1. The van der Waals surface area contributed by atoms with Crippen LogP contribution in [0.1, 0.15) is 19.3 Å². The molecule has 20 heavy (non-hydrogen) atoms. The molecule has 8 heteroatoms. The summed E-state index contributed by atoms with van der Waals surface area (Å²) in [6, 6.07) is 3.74. The lowest BCUT2D eigenvalue weighted by atomic mass is 10.1. The number of hydrogen-bond donors (Lipinski definition) is 2. The van der Waals surface area contributed by atoms with Gasteiger partial charge in [0.15, 0.2) is 0 Å². The second kappa shape index (κ2) is 6.26. The molecule has 3 N–H and O–H groups in total. The van der Waals surface area contributed by atoms with Crippen LogP contribution < -0.4 is 10.5 Å². The van der Waals surface area contributed by atoms with E-state index < -0.39 is 16.0 Å². The van der Waals surface area contributed by atoms with Crippen LogP contribution in [0.4, 0.5) is 10.1 Å². The topological polar surface area (TPSA) is 75.4 Å². The Kier molecular flexibility index (Phi) is 4.85. The molecule has 1 saturated heterocycles. The fourth-order valence-corrected chi connectivity index (χ4v) is 4.11. The van der Waals surface area contributed by atoms with Crippen molar-refractivity contribution in [2.75, 3.05) is 17.8 Å². The summed E-state index contributed by atoms with van der Waals surface area (Å²) in [6.07, 6.45) is 2.42. The van der Waals surface area contributed by atoms with Gasteiger partial charge in [-0.25, -0.2) is 4.39 Å². The standard InChI is InChI=1S/C12H17ClFN3O2S/c13-10-5-3-6-11(14)12(10)16-20(18,19)17-7-2-1-4-9(17)8-15/h3,5-6,9,16H,1-2,4,7-8,15H2. The molecule has 112 valence electrons. The van der Waals surface area contributed by atoms with E-state index in [1.807, 2.05) is 0 Å². The third kappa shape index (κ3) is 3.22. The van der Waals surface area contributed by atoms with Crippen LogP contribution >= 0.6 is 11.6 Å². The first-order valence-corrected chi connectivity index (χ1v) is 8.21. The molecule has 1 heterocycles. The molecular formula is C12H17ClFN3O2S. The van der Waals surface area contributed by atoms with Gasteiger partial charge in [-0.3, -0.25) is 4.72 Å². The third-order valence-electron chi connectivity index (χ3n) is 3.35. The smallest absolute Gasteiger partial charge is 0.302 e. The maximum atomic E-state index is 13.7. The molecule has 0 aromatic heterocycles. The van der Waals surface area contributed by atoms with Gasteiger partial charge >= 0.3 is 10.2 Å². The van der Waals surface area contributed by atoms with Crippen molar-refractivity contribution in [3.8, 4) is 0 Å². The number of hydrogen-bond acceptors (Lipinski definition) is 3. The van der Waals surface area contributed by atoms with Crippen molar-refractivity contribution in [1.82, 2.24) is 4.31 Å². The van der Waals surface area contributed by atoms with E-state index in [4.69, 9.17) is 17.3 Å². The summed E-state index contributed by atoms with van der Waals surface area (Å²) in [5.74, 6) is -0.706. The SMILES string of the molecule is NCC1CCCCN1S(=O)(=O)Nc1c(F)cccc1Cl. The van der Waals surface area contributed by atoms with E-state index in [9.17, 15) is 12.8 Å². The molecule has 0 bridgehead atoms. The van der Waals surface area contributed by atoms with Crippen LogP contribution in [0.5, 0.6) is 0 Å². The van der Waals surface area contributed by atoms with Gasteiger partial charge in [0.1, 0.15) is 11.5 Å². The molecule has 1 fully saturated rings. The third-order valence-corrected chi connectivity index (χ3v) is 5.22. The summed E-state index contributed by atoms with van der Waals surface area (Å²) in [6.45, 7) is 0.620. The van der Waals surface area contributed by atoms with Gasteiger partial charge in [0.25, 0.3) is 0 Å². The normalized spacial score (nSPS) is 20.9. The van der Waals surface area contributed by atoms with Crippen LogP contribution in [0.15, 0.2) is 18.2 Å². The molecule has 1 aliphatic heterocycles. The van der Waals surface area contributed by atoms with Crippen molar-refractivity contribution < 1.29 is 12.8 Å². The van der Waals surface area contributed by atoms with E-state index in [-0.39, 0.29) is 23.3 Å². The summed E-state index contributed by atoms with van der Waals surface area (Å²) < 4.78 is 41.9. The van der Waals surface area contributed by atoms with Gasteiger partial charge in [0.2, 0.25) is 0 Å². The predicted molar refractivity (Wildman–Crippen MR) is 77.4 cm³/mol. The van der Waals surface area contributed by atoms with Crippen molar-refractivity contribution in [2.45, 2.75) is 25.3 Å². The van der Waals surface area contributed by atoms with Gasteiger partial charge in [-0.1, -0.05) is 24.1 Å². The first-order valence-electron chi connectivity index (χ1n) is 6.39. The second-order valence-corrected chi connectivity index (χ2v) is 6.73. The molecule has 5 nitrogen and oxygen atoms in total. The Hall–Kier alpha value is -0.890. The fraction of sp³-hybridized carbons (Fsp3) is 0.500. The minimum Gasteiger partial charge on any atom is -0.329 e. The zero-order valence-corrected chi connectivity index (χ0v) is 12.4. The first-order chi connectivity index (χ1) is 9.45. The van der Waals surface area contributed by atoms with Crippen molar-refractivity contribution in [3.63, 3.8) is 0 Å². The lowest BCUT2D eigenvalue weighted by molar-refractivity contribution is 0.259. The largest absolute Gasteiger partial charge is 0.329 e. The highest BCUT2D eigenvalue weighted by atomic mass is 35.5. The molecule has 1 aromatic carbocycles. The minimum absolute atomic E-state index is 0.0230. The van der Waals surface area contributed by atoms with Crippen molar-refractivity contribution >= 4 is 27.5 Å². The summed E-state index contributed by atoms with van der Waals surface area (Å²) in [4.78, 5) is 0. The van der Waals surface area contributed by atoms with E-state index >= 15 is 0 Å². The highest BCUT2D eigenvalue weighted by Gasteiger charge is 2.32. The highest BCUT2D eigenvalue weighted by molar-refractivity contribution is 7.90. The minimum atomic E-state index is -3.86. The number of para-hydroxylation sites is 1. The van der Waals surface area contributed by atoms with E-state index in [0.29, 0.717) is 13.0 Å². The first kappa shape index (κ1) is 15.5. The van der Waals surface area contributed by atoms with Crippen LogP contribution in [-0.2, 0) is 10.2 Å². The number of nitrogens with two attached hydrogens (primary N) is 1. The maximum Gasteiger partial charge on any atom is 0.302 e. The number of halogens is 2. The number of nitrogens with zero attached hydrogens (tertiary/aromatic N) is 1. The molecule has 0 spiro atoms. The highest BCUT2D eigenvalue weighted by Crippen LogP contribution is 2.28. The second-order valence-electron chi connectivity index (χ2n) is 4.70. The zero-order valence-electron chi connectivity index (χ0n) is 10.9. The van der Waals surface area contributed by atoms with E-state index in [1.165, 1.54) is 16.4 Å². The molecule has 0 saturated carbocycles. The molecule has 1 atom stereocenters. The Labute approximate surface area is 123 Å². The molecule has 0 aliphatic carbocycles. The lowest BCUT2D eigenvalue weighted by Gasteiger charge is -2.33. The van der Waals surface area contributed by atoms with Crippen LogP contribution in [-0.4, -0.2) is 31.9 Å². The number of rotatable bonds is 4. The van der Waals surface area contributed by atoms with Crippen LogP contribution in [0, 0.1) is 5.82 Å². The summed E-state index contributed by atoms with van der Waals surface area (Å²) >= 11 is 5.83. The molecule has 1 unspecified atom stereocenters. The van der Waals surface area contributed by atoms with Gasteiger partial charge in [-0.05, 0) is 25.0 Å². The molecular weight excluding hydrogens is 305 g/mol. The molecule has 1 aromatic rings. The Balaban J connectivity index is 2.26. The molecule has 0 amide bonds. The lowest BCUT2D eigenvalue weighted by Crippen LogP contribution is -2.49. The quantitative estimate of drug-likeness (QED) is 0.890. The van der Waals surface area contributed by atoms with Gasteiger partial charge in [-0.15, -0.1) is 0 Å². The van der Waals surface area contributed by atoms with Crippen molar-refractivity contribution in [1.29, 1.82) is 0 Å². The van der Waals surface area contributed by atoms with Gasteiger partial charge in [-0.2, -0.15) is 12.7 Å². The maximum absolute atomic E-state index is 13.7. The van der Waals surface area contributed by atoms with E-state index in [1.54, 1.807) is 0 Å². The van der Waals surface area contributed by atoms with Gasteiger partial charge < -0.3 is 5.73 Å². The van der Waals surface area contributed by atoms with Crippen LogP contribution in [0.25, 0.3) is 0 Å². The van der Waals surface area contributed by atoms with Gasteiger partial charge in [0.05, 0.1) is 5.02 Å². The fourth-order valence-electron chi connectivity index (χ4n) is 2.31. The Bertz CT molecular complexity index is 562. The predicted octanol–water partition coefficient (Wildman–Crippen LogP) is 1.95. The number of nitrogens with one attached hydrogen (secondary N) is 1. The average molecular weight is 322 g/mol. The van der Waals surface area contributed by atoms with Crippen LogP contribution in [0.3, 0.4) is 0 Å². The zero-order chi connectivity index (χ0) is 14.8. The van der Waals surface area contributed by atoms with Crippen molar-refractivity contribution in [2.24, 2.45) is 5.73 Å². The Morgan fingerprint density at radius 3 is 2.85 bits per heavy atom. The molecule has 1 aliphatic rings. The monoisotopic (exact) mass is 321 g/mol. The van der Waals surface area contributed by atoms with E-state index in [0.717, 1.165) is 18.9 Å². The summed E-state index contributed by atoms with van der Waals surface area (Å²) in [5, 5.41) is 0.0230. The molecule has 2 rings (SSSR count). The summed E-state index contributed by atoms with van der Waals surface area (Å²) in [7, 11) is -3.86. The van der Waals surface area contributed by atoms with Crippen LogP contribution in [0.2, 0.25) is 5.02 Å². The summed E-state index contributed by atoms with van der Waals surface area (Å²) in [5.41, 5.74) is 5.38. The van der Waals surface area contributed by atoms with Gasteiger partial charge in [0, 0.05) is 19.1 Å². The Morgan fingerprint density at radius 2 is 2.20 bits per heavy atom. The molecule has 0 radical (unpaired) electrons. The number of piperidine rings is 1. The van der Waals surface area contributed by atoms with E-state index in [2.05, 4.69) is 4.72 Å².